The lowest BCUT2D eigenvalue weighted by atomic mass is 10.1. The van der Waals surface area contributed by atoms with Crippen molar-refractivity contribution in [2.24, 2.45) is 0 Å². The Morgan fingerprint density at radius 1 is 0.900 bits per heavy atom. The molecular weight excluding hydrogens is 316 g/mol. The Hall–Kier alpha value is -0.570. The van der Waals surface area contributed by atoms with Gasteiger partial charge in [-0.1, -0.05) is 74.0 Å². The van der Waals surface area contributed by atoms with Crippen LogP contribution < -0.4 is 0 Å². The molecule has 0 N–H and O–H groups in total. The predicted octanol–water partition coefficient (Wildman–Crippen LogP) is 5.57. The molecule has 0 amide bonds. The molecule has 0 spiro atoms. The van der Waals surface area contributed by atoms with Gasteiger partial charge in [-0.05, 0) is 25.0 Å². The molecule has 0 fully saturated rings. The summed E-state index contributed by atoms with van der Waals surface area (Å²) in [6.07, 6.45) is 14.5. The van der Waals surface area contributed by atoms with Crippen molar-refractivity contribution in [1.29, 1.82) is 0 Å². The number of rotatable bonds is 14. The second kappa shape index (κ2) is 14.8. The molecule has 0 bridgehead atoms. The number of halogens is 1. The van der Waals surface area contributed by atoms with Crippen LogP contribution in [0.4, 0.5) is 0 Å². The Bertz CT molecular complexity index is 256. The number of hydrogen-bond donors (Lipinski definition) is 0. The third-order valence-electron chi connectivity index (χ3n) is 3.25. The van der Waals surface area contributed by atoms with E-state index in [1.54, 1.807) is 12.2 Å². The normalized spacial score (nSPS) is 10.5. The minimum Gasteiger partial charge on any atom is -0.454 e. The zero-order chi connectivity index (χ0) is 15.1. The van der Waals surface area contributed by atoms with Gasteiger partial charge in [0.1, 0.15) is 6.10 Å². The fourth-order valence-corrected chi connectivity index (χ4v) is 2.40. The Balaban J connectivity index is 3.29. The molecule has 0 aliphatic rings. The van der Waals surface area contributed by atoms with E-state index >= 15 is 0 Å². The number of alkyl halides is 1. The molecule has 0 saturated heterocycles. The van der Waals surface area contributed by atoms with Crippen LogP contribution in [-0.4, -0.2) is 17.4 Å². The van der Waals surface area contributed by atoms with Gasteiger partial charge in [-0.2, -0.15) is 0 Å². The molecule has 0 heterocycles. The highest BCUT2D eigenvalue weighted by Gasteiger charge is 2.06. The molecule has 116 valence electrons. The largest absolute Gasteiger partial charge is 0.454 e. The number of ether oxygens (including phenoxy) is 1. The van der Waals surface area contributed by atoms with Gasteiger partial charge < -0.3 is 4.74 Å². The average molecular weight is 345 g/mol. The summed E-state index contributed by atoms with van der Waals surface area (Å²) in [4.78, 5) is 11.5. The zero-order valence-corrected chi connectivity index (χ0v) is 14.2. The zero-order valence-electron chi connectivity index (χ0n) is 12.6. The molecule has 0 aromatic carbocycles. The maximum Gasteiger partial charge on any atom is 0.306 e. The maximum absolute atomic E-state index is 11.5. The van der Waals surface area contributed by atoms with E-state index in [4.69, 9.17) is 4.74 Å². The van der Waals surface area contributed by atoms with E-state index in [0.29, 0.717) is 6.42 Å². The molecular formula is C17H29BrO2. The van der Waals surface area contributed by atoms with Crippen LogP contribution in [0.15, 0.2) is 25.3 Å². The lowest BCUT2D eigenvalue weighted by Gasteiger charge is -2.09. The van der Waals surface area contributed by atoms with Crippen LogP contribution in [0.2, 0.25) is 0 Å². The summed E-state index contributed by atoms with van der Waals surface area (Å²) < 4.78 is 5.15. The van der Waals surface area contributed by atoms with Crippen LogP contribution >= 0.6 is 15.9 Å². The Kier molecular flexibility index (Phi) is 14.4. The van der Waals surface area contributed by atoms with Crippen LogP contribution in [0.5, 0.6) is 0 Å². The molecule has 0 unspecified atom stereocenters. The van der Waals surface area contributed by atoms with Crippen LogP contribution in [0, 0.1) is 0 Å². The average Bonchev–Trinajstić information content (AvgIpc) is 2.46. The van der Waals surface area contributed by atoms with Crippen molar-refractivity contribution in [1.82, 2.24) is 0 Å². The molecule has 0 aromatic rings. The van der Waals surface area contributed by atoms with Crippen molar-refractivity contribution in [2.75, 3.05) is 5.33 Å². The first-order valence-electron chi connectivity index (χ1n) is 7.75. The number of carbonyl (C=O) groups is 1. The number of esters is 1. The predicted molar refractivity (Wildman–Crippen MR) is 90.2 cm³/mol. The standard InChI is InChI=1S/C17H29BrO2/c1-3-16(4-2)20-17(19)14-12-10-8-6-5-7-9-11-13-15-18/h3-4,16H,1-2,5-15H2. The summed E-state index contributed by atoms with van der Waals surface area (Å²) in [5, 5.41) is 1.13. The third-order valence-corrected chi connectivity index (χ3v) is 3.81. The summed E-state index contributed by atoms with van der Waals surface area (Å²) in [5.41, 5.74) is 0. The van der Waals surface area contributed by atoms with Gasteiger partial charge in [0.05, 0.1) is 0 Å². The Morgan fingerprint density at radius 3 is 1.80 bits per heavy atom. The molecule has 20 heavy (non-hydrogen) atoms. The van der Waals surface area contributed by atoms with E-state index < -0.39 is 0 Å². The van der Waals surface area contributed by atoms with Gasteiger partial charge in [0, 0.05) is 11.8 Å². The van der Waals surface area contributed by atoms with Crippen LogP contribution in [-0.2, 0) is 9.53 Å². The highest BCUT2D eigenvalue weighted by molar-refractivity contribution is 9.09. The summed E-state index contributed by atoms with van der Waals surface area (Å²) in [6, 6.07) is 0. The van der Waals surface area contributed by atoms with E-state index in [2.05, 4.69) is 29.1 Å². The minimum absolute atomic E-state index is 0.149. The Labute approximate surface area is 132 Å². The molecule has 3 heteroatoms. The second-order valence-corrected chi connectivity index (χ2v) is 5.84. The van der Waals surface area contributed by atoms with E-state index in [1.807, 2.05) is 0 Å². The van der Waals surface area contributed by atoms with Crippen molar-refractivity contribution in [3.05, 3.63) is 25.3 Å². The first kappa shape index (κ1) is 19.4. The molecule has 2 nitrogen and oxygen atoms in total. The monoisotopic (exact) mass is 344 g/mol. The fourth-order valence-electron chi connectivity index (χ4n) is 2.00. The van der Waals surface area contributed by atoms with Crippen LogP contribution in [0.25, 0.3) is 0 Å². The van der Waals surface area contributed by atoms with Gasteiger partial charge in [-0.3, -0.25) is 4.79 Å². The Morgan fingerprint density at radius 2 is 1.35 bits per heavy atom. The molecule has 0 atom stereocenters. The quantitative estimate of drug-likeness (QED) is 0.178. The van der Waals surface area contributed by atoms with Crippen molar-refractivity contribution in [3.63, 3.8) is 0 Å². The fraction of sp³-hybridized carbons (Fsp3) is 0.706. The summed E-state index contributed by atoms with van der Waals surface area (Å²) >= 11 is 3.45. The number of hydrogen-bond acceptors (Lipinski definition) is 2. The molecule has 0 aliphatic heterocycles. The van der Waals surface area contributed by atoms with Gasteiger partial charge in [0.15, 0.2) is 0 Å². The molecule has 0 saturated carbocycles. The second-order valence-electron chi connectivity index (χ2n) is 5.05. The molecule has 0 aliphatic carbocycles. The summed E-state index contributed by atoms with van der Waals surface area (Å²) in [5.74, 6) is -0.149. The minimum atomic E-state index is -0.345. The molecule has 0 radical (unpaired) electrons. The van der Waals surface area contributed by atoms with Crippen LogP contribution in [0.3, 0.4) is 0 Å². The summed E-state index contributed by atoms with van der Waals surface area (Å²) in [7, 11) is 0. The first-order chi connectivity index (χ1) is 9.74. The highest BCUT2D eigenvalue weighted by atomic mass is 79.9. The van der Waals surface area contributed by atoms with Gasteiger partial charge in [-0.15, -0.1) is 0 Å². The smallest absolute Gasteiger partial charge is 0.306 e. The van der Waals surface area contributed by atoms with Gasteiger partial charge in [0.2, 0.25) is 0 Å². The van der Waals surface area contributed by atoms with E-state index in [9.17, 15) is 4.79 Å². The van der Waals surface area contributed by atoms with Crippen molar-refractivity contribution in [3.8, 4) is 0 Å². The third kappa shape index (κ3) is 12.5. The lowest BCUT2D eigenvalue weighted by Crippen LogP contribution is -2.12. The van der Waals surface area contributed by atoms with Gasteiger partial charge in [0.25, 0.3) is 0 Å². The van der Waals surface area contributed by atoms with Crippen molar-refractivity contribution < 1.29 is 9.53 Å². The maximum atomic E-state index is 11.5. The van der Waals surface area contributed by atoms with Gasteiger partial charge >= 0.3 is 5.97 Å². The first-order valence-corrected chi connectivity index (χ1v) is 8.87. The molecule has 0 aromatic heterocycles. The SMILES string of the molecule is C=CC(C=C)OC(=O)CCCCCCCCCCCBr. The lowest BCUT2D eigenvalue weighted by molar-refractivity contribution is -0.145. The van der Waals surface area contributed by atoms with Crippen molar-refractivity contribution in [2.45, 2.75) is 70.3 Å². The molecule has 0 rings (SSSR count). The van der Waals surface area contributed by atoms with E-state index in [-0.39, 0.29) is 12.1 Å². The van der Waals surface area contributed by atoms with E-state index in [1.165, 1.54) is 44.9 Å². The summed E-state index contributed by atoms with van der Waals surface area (Å²) in [6.45, 7) is 7.18. The van der Waals surface area contributed by atoms with Gasteiger partial charge in [-0.25, -0.2) is 0 Å². The van der Waals surface area contributed by atoms with Crippen molar-refractivity contribution >= 4 is 21.9 Å². The van der Waals surface area contributed by atoms with E-state index in [0.717, 1.165) is 18.2 Å². The highest BCUT2D eigenvalue weighted by Crippen LogP contribution is 2.11. The number of carbonyl (C=O) groups excluding carboxylic acids is 1. The van der Waals surface area contributed by atoms with Crippen LogP contribution in [0.1, 0.15) is 64.2 Å². The topological polar surface area (TPSA) is 26.3 Å². The number of unbranched alkanes of at least 4 members (excludes halogenated alkanes) is 8.